The van der Waals surface area contributed by atoms with Crippen LogP contribution in [0.15, 0.2) is 5.16 Å². The maximum atomic E-state index is 11.1. The van der Waals surface area contributed by atoms with E-state index in [9.17, 15) is 9.90 Å². The van der Waals surface area contributed by atoms with E-state index in [2.05, 4.69) is 23.7 Å². The van der Waals surface area contributed by atoms with Crippen LogP contribution in [0.25, 0.3) is 0 Å². The third-order valence-electron chi connectivity index (χ3n) is 5.70. The topological polar surface area (TPSA) is 68.1 Å². The fourth-order valence-electron chi connectivity index (χ4n) is 3.98. The van der Waals surface area contributed by atoms with E-state index in [1.807, 2.05) is 0 Å². The van der Waals surface area contributed by atoms with Crippen molar-refractivity contribution in [1.82, 2.24) is 0 Å². The van der Waals surface area contributed by atoms with Crippen LogP contribution in [0.5, 0.6) is 0 Å². The van der Waals surface area contributed by atoms with Gasteiger partial charge < -0.3 is 14.7 Å². The standard InChI is InChI=1S/C23H43NO4/c1-4-6-7-11-15-19(25)18-20-21(14-5-2)24-28-22(20)16-12-9-8-10-13-17-23(26)27-3/h19-20,22,25H,4-18H2,1-3H3/t19-,20?,22?/m1/s1. The van der Waals surface area contributed by atoms with Gasteiger partial charge in [-0.1, -0.05) is 70.4 Å². The minimum absolute atomic E-state index is 0.115. The fraction of sp³-hybridized carbons (Fsp3) is 0.913. The van der Waals surface area contributed by atoms with Gasteiger partial charge in [-0.05, 0) is 38.5 Å². The smallest absolute Gasteiger partial charge is 0.305 e. The first-order chi connectivity index (χ1) is 13.6. The molecule has 0 saturated carbocycles. The molecule has 1 aliphatic heterocycles. The molecule has 0 aromatic carbocycles. The molecule has 0 aliphatic carbocycles. The maximum Gasteiger partial charge on any atom is 0.305 e. The molecule has 0 aromatic rings. The van der Waals surface area contributed by atoms with Gasteiger partial charge >= 0.3 is 5.97 Å². The molecule has 0 fully saturated rings. The van der Waals surface area contributed by atoms with Crippen LogP contribution in [0.1, 0.15) is 110 Å². The number of hydrogen-bond donors (Lipinski definition) is 1. The van der Waals surface area contributed by atoms with Crippen LogP contribution >= 0.6 is 0 Å². The second-order valence-electron chi connectivity index (χ2n) is 8.20. The van der Waals surface area contributed by atoms with Crippen LogP contribution in [0, 0.1) is 5.92 Å². The van der Waals surface area contributed by atoms with Gasteiger partial charge in [0.15, 0.2) is 0 Å². The van der Waals surface area contributed by atoms with Crippen molar-refractivity contribution in [3.05, 3.63) is 0 Å². The molecule has 2 unspecified atom stereocenters. The van der Waals surface area contributed by atoms with Crippen molar-refractivity contribution < 1.29 is 19.5 Å². The van der Waals surface area contributed by atoms with Crippen LogP contribution in [0.4, 0.5) is 0 Å². The maximum absolute atomic E-state index is 11.1. The lowest BCUT2D eigenvalue weighted by molar-refractivity contribution is -0.140. The first kappa shape index (κ1) is 24.9. The average Bonchev–Trinajstić information content (AvgIpc) is 3.06. The first-order valence-electron chi connectivity index (χ1n) is 11.6. The van der Waals surface area contributed by atoms with Crippen molar-refractivity contribution in [2.45, 2.75) is 122 Å². The molecule has 164 valence electrons. The molecule has 1 N–H and O–H groups in total. The van der Waals surface area contributed by atoms with Gasteiger partial charge in [-0.3, -0.25) is 4.79 Å². The molecule has 0 spiro atoms. The van der Waals surface area contributed by atoms with E-state index in [0.717, 1.165) is 76.3 Å². The van der Waals surface area contributed by atoms with Gasteiger partial charge in [0.05, 0.1) is 18.9 Å². The highest BCUT2D eigenvalue weighted by molar-refractivity contribution is 5.87. The second kappa shape index (κ2) is 15.8. The minimum Gasteiger partial charge on any atom is -0.469 e. The Morgan fingerprint density at radius 1 is 1.07 bits per heavy atom. The number of ether oxygens (including phenoxy) is 1. The van der Waals surface area contributed by atoms with Crippen molar-refractivity contribution in [1.29, 1.82) is 0 Å². The summed E-state index contributed by atoms with van der Waals surface area (Å²) in [6.45, 7) is 4.38. The number of unbranched alkanes of at least 4 members (excludes halogenated alkanes) is 7. The molecule has 1 aliphatic rings. The predicted molar refractivity (Wildman–Crippen MR) is 114 cm³/mol. The number of carbonyl (C=O) groups is 1. The lowest BCUT2D eigenvalue weighted by atomic mass is 9.85. The minimum atomic E-state index is -0.244. The summed E-state index contributed by atoms with van der Waals surface area (Å²) in [4.78, 5) is 16.9. The van der Waals surface area contributed by atoms with Crippen molar-refractivity contribution in [3.8, 4) is 0 Å². The van der Waals surface area contributed by atoms with E-state index >= 15 is 0 Å². The van der Waals surface area contributed by atoms with Crippen molar-refractivity contribution in [2.75, 3.05) is 7.11 Å². The Balaban J connectivity index is 2.29. The van der Waals surface area contributed by atoms with Crippen LogP contribution in [-0.4, -0.2) is 36.1 Å². The molecule has 0 radical (unpaired) electrons. The zero-order valence-corrected chi connectivity index (χ0v) is 18.5. The Bertz CT molecular complexity index is 438. The number of rotatable bonds is 17. The summed E-state index contributed by atoms with van der Waals surface area (Å²) < 4.78 is 4.67. The van der Waals surface area contributed by atoms with E-state index < -0.39 is 0 Å². The van der Waals surface area contributed by atoms with Gasteiger partial charge in [-0.15, -0.1) is 0 Å². The summed E-state index contributed by atoms with van der Waals surface area (Å²) >= 11 is 0. The second-order valence-corrected chi connectivity index (χ2v) is 8.20. The molecule has 0 amide bonds. The Labute approximate surface area is 172 Å². The summed E-state index contributed by atoms with van der Waals surface area (Å²) in [5.74, 6) is 0.163. The number of aliphatic hydroxyl groups is 1. The molecule has 5 heteroatoms. The highest BCUT2D eigenvalue weighted by Gasteiger charge is 2.34. The Kier molecular flexibility index (Phi) is 14.1. The molecule has 3 atom stereocenters. The molecule has 5 nitrogen and oxygen atoms in total. The Morgan fingerprint density at radius 2 is 1.79 bits per heavy atom. The first-order valence-corrected chi connectivity index (χ1v) is 11.6. The van der Waals surface area contributed by atoms with E-state index in [1.165, 1.54) is 26.4 Å². The monoisotopic (exact) mass is 397 g/mol. The summed E-state index contributed by atoms with van der Waals surface area (Å²) in [5.41, 5.74) is 1.15. The summed E-state index contributed by atoms with van der Waals surface area (Å²) in [7, 11) is 1.44. The van der Waals surface area contributed by atoms with Gasteiger partial charge in [-0.2, -0.15) is 0 Å². The Morgan fingerprint density at radius 3 is 2.50 bits per heavy atom. The van der Waals surface area contributed by atoms with Crippen LogP contribution in [-0.2, 0) is 14.4 Å². The van der Waals surface area contributed by atoms with Crippen LogP contribution in [0.3, 0.4) is 0 Å². The normalized spacial score (nSPS) is 19.9. The van der Waals surface area contributed by atoms with Crippen LogP contribution < -0.4 is 0 Å². The molecule has 28 heavy (non-hydrogen) atoms. The highest BCUT2D eigenvalue weighted by atomic mass is 16.6. The number of esters is 1. The number of methoxy groups -OCH3 is 1. The van der Waals surface area contributed by atoms with Gasteiger partial charge in [0.25, 0.3) is 0 Å². The van der Waals surface area contributed by atoms with Crippen molar-refractivity contribution in [3.63, 3.8) is 0 Å². The quantitative estimate of drug-likeness (QED) is 0.249. The number of oxime groups is 1. The van der Waals surface area contributed by atoms with Gasteiger partial charge in [0.1, 0.15) is 6.10 Å². The number of hydrogen-bond acceptors (Lipinski definition) is 5. The van der Waals surface area contributed by atoms with Gasteiger partial charge in [0, 0.05) is 12.3 Å². The van der Waals surface area contributed by atoms with E-state index in [1.54, 1.807) is 0 Å². The van der Waals surface area contributed by atoms with Crippen molar-refractivity contribution in [2.24, 2.45) is 11.1 Å². The molecule has 1 rings (SSSR count). The number of aliphatic hydroxyl groups excluding tert-OH is 1. The third-order valence-corrected chi connectivity index (χ3v) is 5.70. The zero-order chi connectivity index (χ0) is 20.6. The zero-order valence-electron chi connectivity index (χ0n) is 18.5. The molecular formula is C23H43NO4. The molecule has 0 saturated heterocycles. The molecular weight excluding hydrogens is 354 g/mol. The van der Waals surface area contributed by atoms with Gasteiger partial charge in [-0.25, -0.2) is 0 Å². The van der Waals surface area contributed by atoms with E-state index in [4.69, 9.17) is 4.84 Å². The summed E-state index contributed by atoms with van der Waals surface area (Å²) in [6, 6.07) is 0. The predicted octanol–water partition coefficient (Wildman–Crippen LogP) is 5.78. The number of carbonyl (C=O) groups excluding carboxylic acids is 1. The molecule has 0 aromatic heterocycles. The van der Waals surface area contributed by atoms with E-state index in [-0.39, 0.29) is 24.1 Å². The average molecular weight is 398 g/mol. The SMILES string of the molecule is CCCCCC[C@@H](O)CC1C(CCC)=NOC1CCCCCCCC(=O)OC. The fourth-order valence-corrected chi connectivity index (χ4v) is 3.98. The largest absolute Gasteiger partial charge is 0.469 e. The summed E-state index contributed by atoms with van der Waals surface area (Å²) in [5, 5.41) is 14.9. The van der Waals surface area contributed by atoms with Gasteiger partial charge in [0.2, 0.25) is 0 Å². The highest BCUT2D eigenvalue weighted by Crippen LogP contribution is 2.30. The van der Waals surface area contributed by atoms with Crippen molar-refractivity contribution >= 4 is 11.7 Å². The third kappa shape index (κ3) is 10.4. The molecule has 1 heterocycles. The molecule has 0 bridgehead atoms. The van der Waals surface area contributed by atoms with E-state index in [0.29, 0.717) is 6.42 Å². The number of nitrogens with zero attached hydrogens (tertiary/aromatic N) is 1. The lowest BCUT2D eigenvalue weighted by Crippen LogP contribution is -2.28. The summed E-state index contributed by atoms with van der Waals surface area (Å²) in [6.07, 6.45) is 15.3. The lowest BCUT2D eigenvalue weighted by Gasteiger charge is -2.22. The van der Waals surface area contributed by atoms with Crippen LogP contribution in [0.2, 0.25) is 0 Å². The Hall–Kier alpha value is -1.10.